The van der Waals surface area contributed by atoms with Gasteiger partial charge in [0.15, 0.2) is 0 Å². The molecular formula is C11H9F3N4OS. The van der Waals surface area contributed by atoms with E-state index in [0.29, 0.717) is 6.07 Å². The van der Waals surface area contributed by atoms with Crippen LogP contribution in [0.4, 0.5) is 24.5 Å². The fraction of sp³-hybridized carbons (Fsp3) is 0.273. The zero-order chi connectivity index (χ0) is 15.3. The number of hydrogen-bond donors (Lipinski definition) is 0. The Hall–Kier alpha value is -2.21. The van der Waals surface area contributed by atoms with Crippen LogP contribution in [0.2, 0.25) is 0 Å². The van der Waals surface area contributed by atoms with Gasteiger partial charge in [-0.1, -0.05) is 0 Å². The van der Waals surface area contributed by atoms with Crippen molar-refractivity contribution in [2.45, 2.75) is 6.18 Å². The summed E-state index contributed by atoms with van der Waals surface area (Å²) in [5.41, 5.74) is -2.15. The molecule has 1 aromatic rings. The number of hydrogen-bond acceptors (Lipinski definition) is 4. The molecule has 0 saturated carbocycles. The van der Waals surface area contributed by atoms with Crippen LogP contribution in [0.5, 0.6) is 0 Å². The summed E-state index contributed by atoms with van der Waals surface area (Å²) in [6.45, 7) is 0. The number of nitriles is 1. The van der Waals surface area contributed by atoms with Gasteiger partial charge in [0.05, 0.1) is 28.8 Å². The monoisotopic (exact) mass is 302 g/mol. The largest absolute Gasteiger partial charge is 0.417 e. The molecule has 0 spiro atoms. The van der Waals surface area contributed by atoms with Gasteiger partial charge in [-0.15, -0.1) is 0 Å². The van der Waals surface area contributed by atoms with E-state index in [1.165, 1.54) is 17.3 Å². The van der Waals surface area contributed by atoms with Crippen LogP contribution in [0.15, 0.2) is 21.5 Å². The Balaban J connectivity index is 3.60. The number of nitrogens with zero attached hydrogens (tertiary/aromatic N) is 4. The Morgan fingerprint density at radius 1 is 1.40 bits per heavy atom. The second kappa shape index (κ2) is 6.29. The summed E-state index contributed by atoms with van der Waals surface area (Å²) in [6, 6.07) is 3.29. The summed E-state index contributed by atoms with van der Waals surface area (Å²) in [4.78, 5) is 5.30. The van der Waals surface area contributed by atoms with Crippen LogP contribution in [0.25, 0.3) is 0 Å². The van der Waals surface area contributed by atoms with Gasteiger partial charge in [0.1, 0.15) is 6.07 Å². The summed E-state index contributed by atoms with van der Waals surface area (Å²) >= 11 is -0.217. The van der Waals surface area contributed by atoms with Gasteiger partial charge in [-0.3, -0.25) is 0 Å². The lowest BCUT2D eigenvalue weighted by molar-refractivity contribution is -0.137. The lowest BCUT2D eigenvalue weighted by Gasteiger charge is -2.11. The normalized spacial score (nSPS) is 11.2. The molecule has 0 fully saturated rings. The van der Waals surface area contributed by atoms with Crippen molar-refractivity contribution in [1.82, 2.24) is 4.90 Å². The third kappa shape index (κ3) is 3.89. The van der Waals surface area contributed by atoms with Crippen molar-refractivity contribution < 1.29 is 17.4 Å². The molecule has 5 nitrogen and oxygen atoms in total. The van der Waals surface area contributed by atoms with E-state index in [-0.39, 0.29) is 22.8 Å². The molecule has 0 radical (unpaired) electrons. The first-order valence-electron chi connectivity index (χ1n) is 5.15. The average molecular weight is 302 g/mol. The molecule has 0 N–H and O–H groups in total. The Morgan fingerprint density at radius 2 is 2.05 bits per heavy atom. The first-order valence-corrected chi connectivity index (χ1v) is 5.85. The van der Waals surface area contributed by atoms with Gasteiger partial charge in [-0.25, -0.2) is 4.99 Å². The van der Waals surface area contributed by atoms with Gasteiger partial charge in [0.2, 0.25) is 11.5 Å². The molecule has 1 rings (SSSR count). The Labute approximate surface area is 116 Å². The van der Waals surface area contributed by atoms with E-state index in [0.717, 1.165) is 6.07 Å². The van der Waals surface area contributed by atoms with E-state index >= 15 is 0 Å². The van der Waals surface area contributed by atoms with Crippen LogP contribution >= 0.6 is 0 Å². The lowest BCUT2D eigenvalue weighted by atomic mass is 10.0. The van der Waals surface area contributed by atoms with Gasteiger partial charge < -0.3 is 4.90 Å². The number of alkyl halides is 3. The molecule has 0 aromatic heterocycles. The second-order valence-corrected chi connectivity index (χ2v) is 4.20. The van der Waals surface area contributed by atoms with E-state index in [4.69, 9.17) is 5.26 Å². The van der Waals surface area contributed by atoms with E-state index < -0.39 is 17.3 Å². The first-order chi connectivity index (χ1) is 9.29. The molecule has 9 heteroatoms. The maximum Gasteiger partial charge on any atom is 0.417 e. The lowest BCUT2D eigenvalue weighted by Crippen LogP contribution is -2.09. The molecule has 1 aromatic carbocycles. The predicted molar refractivity (Wildman–Crippen MR) is 68.2 cm³/mol. The summed E-state index contributed by atoms with van der Waals surface area (Å²) < 4.78 is 52.3. The summed E-state index contributed by atoms with van der Waals surface area (Å²) in [5, 5.41) is 8.91. The van der Waals surface area contributed by atoms with Crippen molar-refractivity contribution >= 4 is 29.2 Å². The van der Waals surface area contributed by atoms with Crippen molar-refractivity contribution in [2.24, 2.45) is 9.36 Å². The van der Waals surface area contributed by atoms with E-state index in [2.05, 4.69) is 9.36 Å². The molecule has 0 heterocycles. The third-order valence-electron chi connectivity index (χ3n) is 2.09. The SMILES string of the molecule is CN(C)/C=N/c1cc(N=S=O)cc(C(F)(F)F)c1C#N. The molecule has 0 saturated heterocycles. The van der Waals surface area contributed by atoms with Gasteiger partial charge in [-0.2, -0.15) is 27.0 Å². The quantitative estimate of drug-likeness (QED) is 0.637. The number of aliphatic imine (C=N–C) groups is 1. The zero-order valence-corrected chi connectivity index (χ0v) is 11.3. The van der Waals surface area contributed by atoms with Crippen molar-refractivity contribution in [3.63, 3.8) is 0 Å². The first kappa shape index (κ1) is 15.8. The van der Waals surface area contributed by atoms with Crippen molar-refractivity contribution in [2.75, 3.05) is 14.1 Å². The molecule has 0 aliphatic heterocycles. The summed E-state index contributed by atoms with van der Waals surface area (Å²) in [6.07, 6.45) is -3.48. The van der Waals surface area contributed by atoms with Crippen LogP contribution in [-0.4, -0.2) is 29.5 Å². The highest BCUT2D eigenvalue weighted by atomic mass is 32.1. The summed E-state index contributed by atoms with van der Waals surface area (Å²) in [7, 11) is 3.25. The Bertz CT molecular complexity index is 628. The average Bonchev–Trinajstić information content (AvgIpc) is 2.35. The highest BCUT2D eigenvalue weighted by Gasteiger charge is 2.35. The van der Waals surface area contributed by atoms with Crippen molar-refractivity contribution in [3.8, 4) is 6.07 Å². The van der Waals surface area contributed by atoms with Crippen LogP contribution in [0, 0.1) is 11.3 Å². The fourth-order valence-corrected chi connectivity index (χ4v) is 1.52. The minimum Gasteiger partial charge on any atom is -0.369 e. The molecule has 0 atom stereocenters. The van der Waals surface area contributed by atoms with Crippen molar-refractivity contribution in [3.05, 3.63) is 23.3 Å². The molecule has 106 valence electrons. The molecule has 0 aliphatic carbocycles. The van der Waals surface area contributed by atoms with Crippen LogP contribution < -0.4 is 0 Å². The minimum atomic E-state index is -4.73. The van der Waals surface area contributed by atoms with Gasteiger partial charge in [0.25, 0.3) is 0 Å². The van der Waals surface area contributed by atoms with Crippen molar-refractivity contribution in [1.29, 1.82) is 5.26 Å². The molecular weight excluding hydrogens is 293 g/mol. The predicted octanol–water partition coefficient (Wildman–Crippen LogP) is 2.83. The third-order valence-corrected chi connectivity index (χ3v) is 2.38. The van der Waals surface area contributed by atoms with E-state index in [1.54, 1.807) is 14.1 Å². The smallest absolute Gasteiger partial charge is 0.369 e. The highest BCUT2D eigenvalue weighted by Crippen LogP contribution is 2.38. The van der Waals surface area contributed by atoms with Gasteiger partial charge in [-0.05, 0) is 12.1 Å². The van der Waals surface area contributed by atoms with Gasteiger partial charge >= 0.3 is 6.18 Å². The maximum absolute atomic E-state index is 12.9. The Kier molecular flexibility index (Phi) is 4.99. The highest BCUT2D eigenvalue weighted by molar-refractivity contribution is 7.54. The van der Waals surface area contributed by atoms with Crippen LogP contribution in [0.3, 0.4) is 0 Å². The van der Waals surface area contributed by atoms with Crippen LogP contribution in [-0.2, 0) is 17.6 Å². The Morgan fingerprint density at radius 3 is 2.50 bits per heavy atom. The zero-order valence-electron chi connectivity index (χ0n) is 10.5. The molecule has 0 unspecified atom stereocenters. The maximum atomic E-state index is 12.9. The standard InChI is InChI=1S/C11H9F3N4OS/c1-18(2)6-16-10-4-7(17-20-19)3-9(8(10)5-15)11(12,13)14/h3-4,6H,1-2H3/b16-6+. The molecule has 0 aliphatic rings. The number of rotatable bonds is 3. The topological polar surface area (TPSA) is 68.8 Å². The van der Waals surface area contributed by atoms with E-state index in [1.807, 2.05) is 0 Å². The molecule has 0 amide bonds. The van der Waals surface area contributed by atoms with E-state index in [9.17, 15) is 17.4 Å². The number of halogens is 3. The minimum absolute atomic E-state index is 0.191. The summed E-state index contributed by atoms with van der Waals surface area (Å²) in [5.74, 6) is 0. The second-order valence-electron chi connectivity index (χ2n) is 3.87. The fourth-order valence-electron chi connectivity index (χ4n) is 1.33. The van der Waals surface area contributed by atoms with Crippen LogP contribution in [0.1, 0.15) is 11.1 Å². The molecule has 0 bridgehead atoms. The number of benzene rings is 1. The van der Waals surface area contributed by atoms with Gasteiger partial charge in [0, 0.05) is 14.1 Å². The molecule has 20 heavy (non-hydrogen) atoms.